The van der Waals surface area contributed by atoms with Gasteiger partial charge >= 0.3 is 6.61 Å². The van der Waals surface area contributed by atoms with E-state index in [-0.39, 0.29) is 12.5 Å². The van der Waals surface area contributed by atoms with Crippen LogP contribution in [0.1, 0.15) is 18.4 Å². The van der Waals surface area contributed by atoms with E-state index >= 15 is 0 Å². The minimum absolute atomic E-state index is 0.116. The number of nitrogens with one attached hydrogen (secondary N) is 1. The van der Waals surface area contributed by atoms with Crippen LogP contribution in [-0.2, 0) is 6.54 Å². The van der Waals surface area contributed by atoms with Crippen molar-refractivity contribution in [2.24, 2.45) is 5.41 Å². The molecule has 3 heterocycles. The normalized spacial score (nSPS) is 26.6. The van der Waals surface area contributed by atoms with Crippen LogP contribution in [0, 0.1) is 5.41 Å². The van der Waals surface area contributed by atoms with Gasteiger partial charge in [0.2, 0.25) is 6.79 Å². The van der Waals surface area contributed by atoms with Gasteiger partial charge in [0.1, 0.15) is 5.75 Å². The van der Waals surface area contributed by atoms with Gasteiger partial charge in [0.25, 0.3) is 0 Å². The fourth-order valence-corrected chi connectivity index (χ4v) is 3.84. The Balaban J connectivity index is 1.53. The SMILES string of the molecule is FC(F)Oc1cc2c(cc1CN1CCC3(CCNC3)C1)OCO2. The second-order valence-electron chi connectivity index (χ2n) is 6.58. The summed E-state index contributed by atoms with van der Waals surface area (Å²) in [6, 6.07) is 3.27. The van der Waals surface area contributed by atoms with Gasteiger partial charge in [0.15, 0.2) is 11.5 Å². The number of benzene rings is 1. The van der Waals surface area contributed by atoms with E-state index in [9.17, 15) is 8.78 Å². The Morgan fingerprint density at radius 3 is 2.83 bits per heavy atom. The summed E-state index contributed by atoms with van der Waals surface area (Å²) in [5, 5.41) is 3.42. The topological polar surface area (TPSA) is 43.0 Å². The third-order valence-corrected chi connectivity index (χ3v) is 5.02. The zero-order chi connectivity index (χ0) is 15.9. The maximum Gasteiger partial charge on any atom is 0.387 e. The summed E-state index contributed by atoms with van der Waals surface area (Å²) in [5.41, 5.74) is 1.07. The first-order valence-corrected chi connectivity index (χ1v) is 7.94. The first-order chi connectivity index (χ1) is 11.1. The summed E-state index contributed by atoms with van der Waals surface area (Å²) in [5.74, 6) is 1.23. The summed E-state index contributed by atoms with van der Waals surface area (Å²) in [6.07, 6.45) is 2.33. The molecule has 0 radical (unpaired) electrons. The number of likely N-dealkylation sites (tertiary alicyclic amines) is 1. The molecule has 2 saturated heterocycles. The fraction of sp³-hybridized carbons (Fsp3) is 0.625. The van der Waals surface area contributed by atoms with Crippen molar-refractivity contribution in [3.05, 3.63) is 17.7 Å². The van der Waals surface area contributed by atoms with Gasteiger partial charge in [0, 0.05) is 31.3 Å². The molecule has 0 saturated carbocycles. The summed E-state index contributed by atoms with van der Waals surface area (Å²) < 4.78 is 40.7. The average Bonchev–Trinajstić information content (AvgIpc) is 3.22. The van der Waals surface area contributed by atoms with Gasteiger partial charge in [-0.2, -0.15) is 8.78 Å². The second-order valence-corrected chi connectivity index (χ2v) is 6.58. The lowest BCUT2D eigenvalue weighted by Crippen LogP contribution is -2.29. The largest absolute Gasteiger partial charge is 0.454 e. The van der Waals surface area contributed by atoms with Crippen LogP contribution in [0.25, 0.3) is 0 Å². The Labute approximate surface area is 133 Å². The van der Waals surface area contributed by atoms with Crippen LogP contribution in [0.15, 0.2) is 12.1 Å². The molecule has 23 heavy (non-hydrogen) atoms. The number of ether oxygens (including phenoxy) is 3. The van der Waals surface area contributed by atoms with E-state index in [4.69, 9.17) is 9.47 Å². The van der Waals surface area contributed by atoms with E-state index in [1.165, 1.54) is 12.5 Å². The highest BCUT2D eigenvalue weighted by atomic mass is 19.3. The summed E-state index contributed by atoms with van der Waals surface area (Å²) in [7, 11) is 0. The quantitative estimate of drug-likeness (QED) is 0.919. The molecule has 0 amide bonds. The van der Waals surface area contributed by atoms with Crippen LogP contribution in [-0.4, -0.2) is 44.5 Å². The van der Waals surface area contributed by atoms with Gasteiger partial charge in [-0.05, 0) is 37.4 Å². The van der Waals surface area contributed by atoms with E-state index in [0.29, 0.717) is 23.5 Å². The molecule has 1 aromatic rings. The third-order valence-electron chi connectivity index (χ3n) is 5.02. The van der Waals surface area contributed by atoms with Crippen LogP contribution >= 0.6 is 0 Å². The molecule has 2 fully saturated rings. The lowest BCUT2D eigenvalue weighted by molar-refractivity contribution is -0.0508. The number of rotatable bonds is 4. The van der Waals surface area contributed by atoms with Crippen molar-refractivity contribution in [3.63, 3.8) is 0 Å². The second kappa shape index (κ2) is 5.79. The molecule has 0 bridgehead atoms. The van der Waals surface area contributed by atoms with Crippen molar-refractivity contribution in [3.8, 4) is 17.2 Å². The molecule has 7 heteroatoms. The van der Waals surface area contributed by atoms with E-state index in [1.807, 2.05) is 0 Å². The summed E-state index contributed by atoms with van der Waals surface area (Å²) >= 11 is 0. The number of fused-ring (bicyclic) bond motifs is 1. The van der Waals surface area contributed by atoms with Gasteiger partial charge in [-0.15, -0.1) is 0 Å². The van der Waals surface area contributed by atoms with Crippen molar-refractivity contribution >= 4 is 0 Å². The molecule has 126 valence electrons. The Kier molecular flexibility index (Phi) is 3.77. The minimum Gasteiger partial charge on any atom is -0.454 e. The first kappa shape index (κ1) is 15.0. The predicted octanol–water partition coefficient (Wildman–Crippen LogP) is 2.20. The van der Waals surface area contributed by atoms with Crippen LogP contribution in [0.3, 0.4) is 0 Å². The van der Waals surface area contributed by atoms with Crippen LogP contribution in [0.2, 0.25) is 0 Å². The van der Waals surface area contributed by atoms with Gasteiger partial charge < -0.3 is 19.5 Å². The van der Waals surface area contributed by atoms with Gasteiger partial charge in [-0.3, -0.25) is 4.90 Å². The van der Waals surface area contributed by atoms with Crippen molar-refractivity contribution in [2.45, 2.75) is 26.0 Å². The molecular formula is C16H20F2N2O3. The zero-order valence-corrected chi connectivity index (χ0v) is 12.8. The molecule has 0 aromatic heterocycles. The molecule has 3 aliphatic rings. The molecule has 1 N–H and O–H groups in total. The molecule has 1 atom stereocenters. The number of hydrogen-bond donors (Lipinski definition) is 1. The Bertz CT molecular complexity index is 591. The van der Waals surface area contributed by atoms with Crippen LogP contribution in [0.4, 0.5) is 8.78 Å². The lowest BCUT2D eigenvalue weighted by Gasteiger charge is -2.23. The van der Waals surface area contributed by atoms with E-state index in [0.717, 1.165) is 38.2 Å². The fourth-order valence-electron chi connectivity index (χ4n) is 3.84. The number of nitrogens with zero attached hydrogens (tertiary/aromatic N) is 1. The van der Waals surface area contributed by atoms with E-state index < -0.39 is 6.61 Å². The lowest BCUT2D eigenvalue weighted by atomic mass is 9.86. The molecule has 1 spiro atoms. The molecule has 4 rings (SSSR count). The molecule has 1 aromatic carbocycles. The minimum atomic E-state index is -2.85. The van der Waals surface area contributed by atoms with Crippen molar-refractivity contribution in [2.75, 3.05) is 33.0 Å². The van der Waals surface area contributed by atoms with E-state index in [2.05, 4.69) is 15.0 Å². The molecule has 5 nitrogen and oxygen atoms in total. The summed E-state index contributed by atoms with van der Waals surface area (Å²) in [6.45, 7) is 1.93. The summed E-state index contributed by atoms with van der Waals surface area (Å²) in [4.78, 5) is 2.31. The maximum absolute atomic E-state index is 12.7. The molecule has 0 aliphatic carbocycles. The van der Waals surface area contributed by atoms with E-state index in [1.54, 1.807) is 6.07 Å². The Morgan fingerprint density at radius 2 is 2.09 bits per heavy atom. The standard InChI is InChI=1S/C16H20F2N2O3/c17-15(18)23-12-6-14-13(21-10-22-14)5-11(12)7-20-4-2-16(9-20)1-3-19-8-16/h5-6,15,19H,1-4,7-10H2. The Morgan fingerprint density at radius 1 is 1.26 bits per heavy atom. The van der Waals surface area contributed by atoms with Crippen molar-refractivity contribution in [1.29, 1.82) is 0 Å². The Hall–Kier alpha value is -1.60. The molecule has 1 unspecified atom stereocenters. The third kappa shape index (κ3) is 2.95. The highest BCUT2D eigenvalue weighted by Crippen LogP contribution is 2.41. The average molecular weight is 326 g/mol. The number of alkyl halides is 2. The molecular weight excluding hydrogens is 306 g/mol. The van der Waals surface area contributed by atoms with Crippen LogP contribution < -0.4 is 19.5 Å². The first-order valence-electron chi connectivity index (χ1n) is 7.94. The highest BCUT2D eigenvalue weighted by molar-refractivity contribution is 5.51. The number of halogens is 2. The van der Waals surface area contributed by atoms with Gasteiger partial charge in [-0.1, -0.05) is 0 Å². The number of hydrogen-bond acceptors (Lipinski definition) is 5. The van der Waals surface area contributed by atoms with Crippen LogP contribution in [0.5, 0.6) is 17.2 Å². The zero-order valence-electron chi connectivity index (χ0n) is 12.8. The van der Waals surface area contributed by atoms with Gasteiger partial charge in [-0.25, -0.2) is 0 Å². The van der Waals surface area contributed by atoms with Gasteiger partial charge in [0.05, 0.1) is 0 Å². The van der Waals surface area contributed by atoms with Crippen molar-refractivity contribution in [1.82, 2.24) is 10.2 Å². The maximum atomic E-state index is 12.7. The highest BCUT2D eigenvalue weighted by Gasteiger charge is 2.40. The smallest absolute Gasteiger partial charge is 0.387 e. The monoisotopic (exact) mass is 326 g/mol. The molecule has 3 aliphatic heterocycles. The van der Waals surface area contributed by atoms with Crippen molar-refractivity contribution < 1.29 is 23.0 Å². The predicted molar refractivity (Wildman–Crippen MR) is 79.0 cm³/mol.